The minimum absolute atomic E-state index is 0. The normalized spacial score (nSPS) is 17.5. The second kappa shape index (κ2) is 9.46. The molecule has 0 atom stereocenters. The lowest BCUT2D eigenvalue weighted by Crippen LogP contribution is -2.34. The van der Waals surface area contributed by atoms with Crippen molar-refractivity contribution in [2.75, 3.05) is 44.7 Å². The van der Waals surface area contributed by atoms with Gasteiger partial charge in [-0.25, -0.2) is 9.59 Å². The van der Waals surface area contributed by atoms with Crippen LogP contribution in [0.4, 0.5) is 10.5 Å². The summed E-state index contributed by atoms with van der Waals surface area (Å²) in [5.74, 6) is 0.387. The number of carbonyl (C=O) groups excluding carboxylic acids is 2. The summed E-state index contributed by atoms with van der Waals surface area (Å²) in [6.07, 6.45) is 3.52. The Morgan fingerprint density at radius 2 is 1.83 bits per heavy atom. The van der Waals surface area contributed by atoms with Gasteiger partial charge in [-0.05, 0) is 73.3 Å². The fraction of sp³-hybridized carbons (Fsp3) is 0.455. The molecule has 0 spiro atoms. The maximum atomic E-state index is 12.9. The lowest BCUT2D eigenvalue weighted by molar-refractivity contribution is 0.0601. The molecule has 0 aliphatic carbocycles. The van der Waals surface area contributed by atoms with Crippen molar-refractivity contribution in [3.63, 3.8) is 0 Å². The number of urea groups is 1. The summed E-state index contributed by atoms with van der Waals surface area (Å²) >= 11 is 0. The number of benzene rings is 2. The zero-order chi connectivity index (χ0) is 19.5. The number of halogens is 1. The fourth-order valence-corrected chi connectivity index (χ4v) is 4.18. The minimum Gasteiger partial charge on any atom is -0.465 e. The van der Waals surface area contributed by atoms with Crippen LogP contribution >= 0.6 is 12.4 Å². The first-order valence-electron chi connectivity index (χ1n) is 10.0. The average Bonchev–Trinajstić information content (AvgIpc) is 3.12. The van der Waals surface area contributed by atoms with Crippen molar-refractivity contribution >= 4 is 40.9 Å². The number of carbonyl (C=O) groups is 2. The molecule has 2 fully saturated rings. The van der Waals surface area contributed by atoms with Gasteiger partial charge >= 0.3 is 12.0 Å². The Morgan fingerprint density at radius 1 is 1.10 bits per heavy atom. The highest BCUT2D eigenvalue weighted by molar-refractivity contribution is 5.99. The van der Waals surface area contributed by atoms with Gasteiger partial charge in [0.1, 0.15) is 0 Å². The van der Waals surface area contributed by atoms with Crippen LogP contribution in [-0.2, 0) is 4.74 Å². The number of hydrogen-bond acceptors (Lipinski definition) is 4. The number of fused-ring (bicyclic) bond motifs is 1. The number of nitrogens with zero attached hydrogens (tertiary/aromatic N) is 2. The molecule has 2 heterocycles. The first-order valence-corrected chi connectivity index (χ1v) is 10.0. The van der Waals surface area contributed by atoms with Gasteiger partial charge in [0.25, 0.3) is 0 Å². The van der Waals surface area contributed by atoms with E-state index >= 15 is 0 Å². The molecule has 29 heavy (non-hydrogen) atoms. The molecule has 4 rings (SSSR count). The molecular weight excluding hydrogens is 390 g/mol. The van der Waals surface area contributed by atoms with Gasteiger partial charge in [0.2, 0.25) is 0 Å². The van der Waals surface area contributed by atoms with E-state index in [0.717, 1.165) is 61.5 Å². The van der Waals surface area contributed by atoms with Gasteiger partial charge in [-0.1, -0.05) is 12.1 Å². The number of anilines is 1. The second-order valence-electron chi connectivity index (χ2n) is 7.64. The maximum Gasteiger partial charge on any atom is 0.337 e. The van der Waals surface area contributed by atoms with Crippen LogP contribution in [0.1, 0.15) is 29.6 Å². The van der Waals surface area contributed by atoms with Gasteiger partial charge in [-0.3, -0.25) is 4.90 Å². The van der Waals surface area contributed by atoms with E-state index in [1.165, 1.54) is 20.0 Å². The summed E-state index contributed by atoms with van der Waals surface area (Å²) < 4.78 is 4.78. The molecule has 6 nitrogen and oxygen atoms in total. The number of esters is 1. The van der Waals surface area contributed by atoms with Gasteiger partial charge in [-0.15, -0.1) is 12.4 Å². The fourth-order valence-electron chi connectivity index (χ4n) is 4.18. The predicted molar refractivity (Wildman–Crippen MR) is 117 cm³/mol. The van der Waals surface area contributed by atoms with E-state index < -0.39 is 0 Å². The second-order valence-corrected chi connectivity index (χ2v) is 7.64. The average molecular weight is 418 g/mol. The van der Waals surface area contributed by atoms with Gasteiger partial charge in [0.05, 0.1) is 12.7 Å². The number of hydrogen-bond donors (Lipinski definition) is 1. The highest BCUT2D eigenvalue weighted by Gasteiger charge is 2.30. The van der Waals surface area contributed by atoms with Crippen molar-refractivity contribution in [2.45, 2.75) is 19.3 Å². The zero-order valence-electron chi connectivity index (χ0n) is 16.7. The summed E-state index contributed by atoms with van der Waals surface area (Å²) in [5.41, 5.74) is 1.44. The van der Waals surface area contributed by atoms with Gasteiger partial charge in [0.15, 0.2) is 0 Å². The van der Waals surface area contributed by atoms with Crippen molar-refractivity contribution in [1.29, 1.82) is 0 Å². The topological polar surface area (TPSA) is 61.9 Å². The first-order chi connectivity index (χ1) is 13.7. The Hall–Kier alpha value is -2.31. The lowest BCUT2D eigenvalue weighted by Gasteiger charge is -2.25. The number of amides is 2. The maximum absolute atomic E-state index is 12.9. The van der Waals surface area contributed by atoms with Crippen LogP contribution in [0, 0.1) is 5.92 Å². The molecular formula is C22H28ClN3O3. The van der Waals surface area contributed by atoms with Crippen LogP contribution in [0.25, 0.3) is 10.8 Å². The van der Waals surface area contributed by atoms with Crippen molar-refractivity contribution in [3.8, 4) is 0 Å². The molecule has 0 aromatic heterocycles. The van der Waals surface area contributed by atoms with Crippen molar-refractivity contribution in [3.05, 3.63) is 42.0 Å². The Labute approximate surface area is 177 Å². The van der Waals surface area contributed by atoms with Gasteiger partial charge in [0, 0.05) is 25.3 Å². The number of ether oxygens (including phenoxy) is 1. The summed E-state index contributed by atoms with van der Waals surface area (Å²) in [6.45, 7) is 4.54. The number of nitrogens with one attached hydrogen (secondary N) is 1. The lowest BCUT2D eigenvalue weighted by atomic mass is 9.94. The molecule has 0 unspecified atom stereocenters. The van der Waals surface area contributed by atoms with E-state index in [1.807, 2.05) is 40.1 Å². The number of rotatable bonds is 5. The molecule has 2 amide bonds. The number of piperidine rings is 1. The van der Waals surface area contributed by atoms with Crippen molar-refractivity contribution in [2.24, 2.45) is 5.92 Å². The molecule has 7 heteroatoms. The monoisotopic (exact) mass is 417 g/mol. The van der Waals surface area contributed by atoms with E-state index in [4.69, 9.17) is 4.74 Å². The molecule has 2 aliphatic heterocycles. The first kappa shape index (κ1) is 21.4. The molecule has 2 aliphatic rings. The summed E-state index contributed by atoms with van der Waals surface area (Å²) in [6, 6.07) is 11.5. The third kappa shape index (κ3) is 4.65. The van der Waals surface area contributed by atoms with Gasteiger partial charge < -0.3 is 15.0 Å². The van der Waals surface area contributed by atoms with Crippen LogP contribution < -0.4 is 10.2 Å². The molecule has 2 saturated heterocycles. The van der Waals surface area contributed by atoms with E-state index in [0.29, 0.717) is 5.56 Å². The quantitative estimate of drug-likeness (QED) is 0.754. The third-order valence-corrected chi connectivity index (χ3v) is 5.92. The van der Waals surface area contributed by atoms with Crippen LogP contribution in [0.2, 0.25) is 0 Å². The third-order valence-electron chi connectivity index (χ3n) is 5.92. The van der Waals surface area contributed by atoms with E-state index in [1.54, 1.807) is 6.07 Å². The smallest absolute Gasteiger partial charge is 0.337 e. The summed E-state index contributed by atoms with van der Waals surface area (Å²) in [5, 5.41) is 5.36. The highest BCUT2D eigenvalue weighted by atomic mass is 35.5. The number of methoxy groups -OCH3 is 1. The van der Waals surface area contributed by atoms with Crippen molar-refractivity contribution < 1.29 is 14.3 Å². The van der Waals surface area contributed by atoms with Crippen LogP contribution in [-0.4, -0.2) is 56.7 Å². The Morgan fingerprint density at radius 3 is 2.59 bits per heavy atom. The molecule has 2 aromatic rings. The predicted octanol–water partition coefficient (Wildman–Crippen LogP) is 3.68. The van der Waals surface area contributed by atoms with E-state index in [2.05, 4.69) is 5.32 Å². The molecule has 0 saturated carbocycles. The molecule has 1 N–H and O–H groups in total. The SMILES string of the molecule is COC(=O)c1ccc2cc(N3CCN(CCC4CCNCC4)C3=O)ccc2c1.Cl. The molecule has 2 aromatic carbocycles. The summed E-state index contributed by atoms with van der Waals surface area (Å²) in [7, 11) is 1.38. The molecule has 0 bridgehead atoms. The zero-order valence-corrected chi connectivity index (χ0v) is 17.5. The largest absolute Gasteiger partial charge is 0.465 e. The van der Waals surface area contributed by atoms with Crippen LogP contribution in [0.3, 0.4) is 0 Å². The molecule has 156 valence electrons. The van der Waals surface area contributed by atoms with Gasteiger partial charge in [-0.2, -0.15) is 0 Å². The summed E-state index contributed by atoms with van der Waals surface area (Å²) in [4.78, 5) is 28.4. The van der Waals surface area contributed by atoms with Crippen molar-refractivity contribution in [1.82, 2.24) is 10.2 Å². The molecule has 0 radical (unpaired) electrons. The highest BCUT2D eigenvalue weighted by Crippen LogP contribution is 2.27. The Kier molecular flexibility index (Phi) is 6.98. The minimum atomic E-state index is -0.343. The van der Waals surface area contributed by atoms with Crippen LogP contribution in [0.15, 0.2) is 36.4 Å². The van der Waals surface area contributed by atoms with E-state index in [9.17, 15) is 9.59 Å². The Bertz CT molecular complexity index is 883. The standard InChI is InChI=1S/C22H27N3O3.ClH/c1-28-21(26)19-3-2-18-15-20(5-4-17(18)14-19)25-13-12-24(22(25)27)11-8-16-6-9-23-10-7-16;/h2-5,14-16,23H,6-13H2,1H3;1H. The van der Waals surface area contributed by atoms with Crippen LogP contribution in [0.5, 0.6) is 0 Å². The Balaban J connectivity index is 0.00000240. The van der Waals surface area contributed by atoms with E-state index in [-0.39, 0.29) is 24.4 Å².